The van der Waals surface area contributed by atoms with E-state index in [0.717, 1.165) is 0 Å². The maximum atomic E-state index is 8.21. The molecule has 12 heteroatoms. The number of aromatic nitrogens is 5. The first-order chi connectivity index (χ1) is 17.4. The van der Waals surface area contributed by atoms with Gasteiger partial charge in [-0.15, -0.1) is 5.45 Å². The molecule has 0 aliphatic carbocycles. The molecule has 4 rings (SSSR count). The molecule has 0 saturated heterocycles. The number of hydrogen-bond acceptors (Lipinski definition) is 8. The van der Waals surface area contributed by atoms with Crippen LogP contribution in [0.15, 0.2) is 36.8 Å². The van der Waals surface area contributed by atoms with Crippen molar-refractivity contribution in [3.8, 4) is 23.0 Å². The molecule has 0 fully saturated rings. The summed E-state index contributed by atoms with van der Waals surface area (Å²) in [7, 11) is 7.88. The largest absolute Gasteiger partial charge is 1.00 e. The van der Waals surface area contributed by atoms with Gasteiger partial charge in [0, 0.05) is 37.5 Å². The van der Waals surface area contributed by atoms with E-state index in [1.54, 1.807) is 35.4 Å². The molecule has 3 aromatic rings. The number of allylic oxidation sites excluding steroid dienone is 2. The van der Waals surface area contributed by atoms with Crippen molar-refractivity contribution in [2.45, 2.75) is 53.1 Å². The summed E-state index contributed by atoms with van der Waals surface area (Å²) < 4.78 is 14.0. The molecule has 4 bridgehead atoms. The molecule has 0 saturated carbocycles. The second-order valence-electron chi connectivity index (χ2n) is 8.19. The van der Waals surface area contributed by atoms with Crippen molar-refractivity contribution in [2.75, 3.05) is 11.9 Å². The first-order valence-electron chi connectivity index (χ1n) is 12.0. The van der Waals surface area contributed by atoms with E-state index in [4.69, 9.17) is 22.4 Å². The van der Waals surface area contributed by atoms with Gasteiger partial charge in [0.15, 0.2) is 5.82 Å². The Labute approximate surface area is 264 Å². The number of unbranched alkanes of at least 4 members (excludes halogenated alkanes) is 1. The summed E-state index contributed by atoms with van der Waals surface area (Å²) in [6.07, 6.45) is 10.00. The third kappa shape index (κ3) is 8.43. The maximum absolute atomic E-state index is 8.21. The Kier molecular flexibility index (Phi) is 13.4. The summed E-state index contributed by atoms with van der Waals surface area (Å²) in [5.41, 5.74) is 2.38. The number of aryl methyl sites for hydroxylation is 1. The van der Waals surface area contributed by atoms with Gasteiger partial charge in [0.2, 0.25) is 5.88 Å². The number of ether oxygens (including phenoxy) is 2. The summed E-state index contributed by atoms with van der Waals surface area (Å²) in [6, 6.07) is 3.56. The van der Waals surface area contributed by atoms with Crippen LogP contribution in [0.25, 0.3) is 17.0 Å². The zero-order valence-corrected chi connectivity index (χ0v) is 26.5. The number of hydrogen-bond donors (Lipinski definition) is 2. The maximum Gasteiger partial charge on any atom is 1.00 e. The van der Waals surface area contributed by atoms with Crippen molar-refractivity contribution < 1.29 is 60.9 Å². The van der Waals surface area contributed by atoms with E-state index < -0.39 is 0 Å². The molecule has 0 aromatic carbocycles. The first kappa shape index (κ1) is 31.6. The Hall–Kier alpha value is -1.62. The molecular weight excluding hydrogens is 511 g/mol. The number of anilines is 2. The van der Waals surface area contributed by atoms with Gasteiger partial charge in [-0.3, -0.25) is 0 Å². The standard InChI is InChI=1S/C21H22BN7O2P.C4H10.K/c1-4-13(19(23)32-22)14-10-25-18-9-16(14)31-12(2)6-8-30-21-15(11-26-29(21)3)20-24-7-5-17(27-18)28-20;1-3-4-2;/h4-5,7,9-12,23H,6,8H2,1-3H3,(H,24,25,27,28);3-4H2,1-2H3;/q-1;;+1/b13-4-,23-19?;;/t12-;;/m0../s1. The molecule has 9 nitrogen and oxygen atoms in total. The Morgan fingerprint density at radius 3 is 2.70 bits per heavy atom. The molecular formula is C25H32BKN7O2P. The van der Waals surface area contributed by atoms with Gasteiger partial charge in [-0.05, 0) is 25.5 Å². The molecule has 1 aliphatic rings. The summed E-state index contributed by atoms with van der Waals surface area (Å²) in [4.78, 5) is 13.5. The van der Waals surface area contributed by atoms with Crippen molar-refractivity contribution in [3.05, 3.63) is 42.4 Å². The van der Waals surface area contributed by atoms with Crippen molar-refractivity contribution in [2.24, 2.45) is 7.05 Å². The molecule has 2 radical (unpaired) electrons. The van der Waals surface area contributed by atoms with E-state index in [-0.39, 0.29) is 62.9 Å². The van der Waals surface area contributed by atoms with Gasteiger partial charge >= 0.3 is 51.4 Å². The van der Waals surface area contributed by atoms with Crippen molar-refractivity contribution in [3.63, 3.8) is 0 Å². The van der Waals surface area contributed by atoms with Crippen LogP contribution in [-0.2, 0) is 7.05 Å². The van der Waals surface area contributed by atoms with Crippen LogP contribution in [-0.4, -0.2) is 50.5 Å². The number of fused-ring (bicyclic) bond motifs is 6. The van der Waals surface area contributed by atoms with Crippen LogP contribution in [0.1, 0.15) is 52.5 Å². The number of rotatable bonds is 4. The van der Waals surface area contributed by atoms with Gasteiger partial charge in [-0.1, -0.05) is 32.8 Å². The van der Waals surface area contributed by atoms with Crippen molar-refractivity contribution in [1.29, 1.82) is 5.41 Å². The topological polar surface area (TPSA) is 111 Å². The monoisotopic (exact) mass is 543 g/mol. The summed E-state index contributed by atoms with van der Waals surface area (Å²) in [5.74, 6) is 2.83. The predicted molar refractivity (Wildman–Crippen MR) is 147 cm³/mol. The van der Waals surface area contributed by atoms with Crippen LogP contribution in [0.2, 0.25) is 0 Å². The van der Waals surface area contributed by atoms with E-state index in [1.807, 2.05) is 27.0 Å². The number of nitrogens with one attached hydrogen (secondary N) is 2. The molecule has 0 amide bonds. The van der Waals surface area contributed by atoms with Crippen LogP contribution < -0.4 is 66.2 Å². The summed E-state index contributed by atoms with van der Waals surface area (Å²) in [5, 5.41) is 15.7. The van der Waals surface area contributed by atoms with E-state index >= 15 is 0 Å². The van der Waals surface area contributed by atoms with E-state index in [0.29, 0.717) is 67.3 Å². The average molecular weight is 543 g/mol. The predicted octanol–water partition coefficient (Wildman–Crippen LogP) is 2.79. The quantitative estimate of drug-likeness (QED) is 0.296. The minimum Gasteiger partial charge on any atom is -0.533 e. The third-order valence-corrected chi connectivity index (χ3v) is 5.96. The summed E-state index contributed by atoms with van der Waals surface area (Å²) >= 11 is 0. The molecule has 2 N–H and O–H groups in total. The Balaban J connectivity index is 0.000000898. The van der Waals surface area contributed by atoms with Gasteiger partial charge in [0.1, 0.15) is 22.9 Å². The Morgan fingerprint density at radius 2 is 2.03 bits per heavy atom. The Bertz CT molecular complexity index is 1220. The number of pyridine rings is 1. The van der Waals surface area contributed by atoms with Crippen molar-refractivity contribution in [1.82, 2.24) is 24.7 Å². The van der Waals surface area contributed by atoms with Gasteiger partial charge in [-0.25, -0.2) is 19.6 Å². The molecule has 37 heavy (non-hydrogen) atoms. The van der Waals surface area contributed by atoms with Crippen LogP contribution in [0.3, 0.4) is 0 Å². The van der Waals surface area contributed by atoms with Gasteiger partial charge < -0.3 is 28.7 Å². The zero-order chi connectivity index (χ0) is 26.1. The molecule has 188 valence electrons. The molecule has 0 spiro atoms. The fourth-order valence-electron chi connectivity index (χ4n) is 3.33. The minimum atomic E-state index is -0.152. The zero-order valence-electron chi connectivity index (χ0n) is 22.4. The van der Waals surface area contributed by atoms with E-state index in [1.165, 1.54) is 12.8 Å². The van der Waals surface area contributed by atoms with Crippen LogP contribution >= 0.6 is 8.46 Å². The van der Waals surface area contributed by atoms with Crippen molar-refractivity contribution >= 4 is 38.7 Å². The first-order valence-corrected chi connectivity index (χ1v) is 13.0. The SMILES string of the molecule is CCCC.[B][P-]C(=N)/C(=C\C)c1cnc2cc1O[C@@H](C)CCOc1c(cnn1C)-c1nccc(n1)N2.[K+]. The second kappa shape index (κ2) is 15.7. The minimum absolute atomic E-state index is 0. The van der Waals surface area contributed by atoms with E-state index in [2.05, 4.69) is 39.2 Å². The number of nitrogens with zero attached hydrogens (tertiary/aromatic N) is 5. The third-order valence-electron chi connectivity index (χ3n) is 5.46. The smallest absolute Gasteiger partial charge is 0.533 e. The van der Waals surface area contributed by atoms with E-state index in [9.17, 15) is 0 Å². The van der Waals surface area contributed by atoms with Crippen LogP contribution in [0, 0.1) is 5.41 Å². The molecule has 0 unspecified atom stereocenters. The Morgan fingerprint density at radius 1 is 1.27 bits per heavy atom. The summed E-state index contributed by atoms with van der Waals surface area (Å²) in [6.45, 7) is 8.62. The fraction of sp³-hybridized carbons (Fsp3) is 0.400. The van der Waals surface area contributed by atoms with Gasteiger partial charge in [-0.2, -0.15) is 12.7 Å². The van der Waals surface area contributed by atoms with Gasteiger partial charge in [0.05, 0.1) is 18.9 Å². The fourth-order valence-corrected chi connectivity index (χ4v) is 3.72. The second-order valence-corrected chi connectivity index (χ2v) is 8.89. The molecule has 3 aromatic heterocycles. The van der Waals surface area contributed by atoms with Gasteiger partial charge in [0.25, 0.3) is 0 Å². The molecule has 1 atom stereocenters. The van der Waals surface area contributed by atoms with Crippen LogP contribution in [0.4, 0.5) is 11.6 Å². The average Bonchev–Trinajstić information content (AvgIpc) is 3.25. The molecule has 4 heterocycles. The van der Waals surface area contributed by atoms with Crippen LogP contribution in [0.5, 0.6) is 11.6 Å². The molecule has 1 aliphatic heterocycles. The normalized spacial score (nSPS) is 15.1.